The normalized spacial score (nSPS) is 10.6. The van der Waals surface area contributed by atoms with Crippen LogP contribution < -0.4 is 9.47 Å². The van der Waals surface area contributed by atoms with Crippen LogP contribution in [-0.4, -0.2) is 25.2 Å². The Balaban J connectivity index is 1.50. The number of carbonyl (C=O) groups excluding carboxylic acids is 2. The monoisotopic (exact) mass is 422 g/mol. The van der Waals surface area contributed by atoms with Crippen LogP contribution in [0.25, 0.3) is 6.08 Å². The Morgan fingerprint density at radius 1 is 0.833 bits per heavy atom. The molecule has 0 aromatic heterocycles. The molecule has 3 aromatic rings. The summed E-state index contributed by atoms with van der Waals surface area (Å²) in [5.74, 6) is -0.182. The Morgan fingerprint density at radius 3 is 2.37 bits per heavy atom. The Labute approximate surface area is 179 Å². The summed E-state index contributed by atoms with van der Waals surface area (Å²) in [6.45, 7) is 0.329. The van der Waals surface area contributed by atoms with Gasteiger partial charge in [0.15, 0.2) is 0 Å². The smallest absolute Gasteiger partial charge is 0.338 e. The molecular weight excluding hydrogens is 404 g/mol. The maximum Gasteiger partial charge on any atom is 0.338 e. The molecule has 152 valence electrons. The van der Waals surface area contributed by atoms with E-state index >= 15 is 0 Å². The average Bonchev–Trinajstić information content (AvgIpc) is 2.77. The average molecular weight is 423 g/mol. The second kappa shape index (κ2) is 10.8. The van der Waals surface area contributed by atoms with Gasteiger partial charge in [-0.25, -0.2) is 9.59 Å². The molecule has 0 saturated heterocycles. The van der Waals surface area contributed by atoms with Gasteiger partial charge in [-0.05, 0) is 48.0 Å². The molecule has 0 aliphatic rings. The first-order valence-corrected chi connectivity index (χ1v) is 9.59. The zero-order chi connectivity index (χ0) is 21.2. The summed E-state index contributed by atoms with van der Waals surface area (Å²) >= 11 is 6.05. The molecule has 0 spiro atoms. The SMILES string of the molecule is O=C(/C=C/c1ccccc1Cl)Oc1cccc(C(=O)OCCOc2ccccc2)c1. The summed E-state index contributed by atoms with van der Waals surface area (Å²) < 4.78 is 15.9. The van der Waals surface area contributed by atoms with Gasteiger partial charge in [-0.1, -0.05) is 54.1 Å². The third-order valence-corrected chi connectivity index (χ3v) is 4.27. The first-order chi connectivity index (χ1) is 14.6. The minimum Gasteiger partial charge on any atom is -0.490 e. The van der Waals surface area contributed by atoms with Crippen LogP contribution in [0.3, 0.4) is 0 Å². The zero-order valence-corrected chi connectivity index (χ0v) is 16.7. The van der Waals surface area contributed by atoms with E-state index < -0.39 is 11.9 Å². The molecule has 0 amide bonds. The van der Waals surface area contributed by atoms with Gasteiger partial charge in [0.1, 0.15) is 24.7 Å². The lowest BCUT2D eigenvalue weighted by atomic mass is 10.2. The lowest BCUT2D eigenvalue weighted by Crippen LogP contribution is -2.12. The van der Waals surface area contributed by atoms with Crippen molar-refractivity contribution < 1.29 is 23.8 Å². The minimum absolute atomic E-state index is 0.0956. The lowest BCUT2D eigenvalue weighted by molar-refractivity contribution is -0.128. The summed E-state index contributed by atoms with van der Waals surface area (Å²) in [6.07, 6.45) is 2.84. The van der Waals surface area contributed by atoms with E-state index in [1.165, 1.54) is 12.1 Å². The highest BCUT2D eigenvalue weighted by Gasteiger charge is 2.10. The summed E-state index contributed by atoms with van der Waals surface area (Å²) in [5.41, 5.74) is 0.973. The Bertz CT molecular complexity index is 1030. The highest BCUT2D eigenvalue weighted by atomic mass is 35.5. The van der Waals surface area contributed by atoms with Gasteiger partial charge in [0, 0.05) is 11.1 Å². The quantitative estimate of drug-likeness (QED) is 0.216. The van der Waals surface area contributed by atoms with E-state index in [-0.39, 0.29) is 24.5 Å². The van der Waals surface area contributed by atoms with Crippen molar-refractivity contribution in [2.24, 2.45) is 0 Å². The first kappa shape index (κ1) is 21.1. The predicted molar refractivity (Wildman–Crippen MR) is 115 cm³/mol. The number of para-hydroxylation sites is 1. The number of carbonyl (C=O) groups is 2. The molecule has 3 aromatic carbocycles. The third-order valence-electron chi connectivity index (χ3n) is 3.92. The second-order valence-corrected chi connectivity index (χ2v) is 6.51. The van der Waals surface area contributed by atoms with Crippen molar-refractivity contribution in [1.82, 2.24) is 0 Å². The fourth-order valence-corrected chi connectivity index (χ4v) is 2.70. The number of benzene rings is 3. The fraction of sp³-hybridized carbons (Fsp3) is 0.0833. The van der Waals surface area contributed by atoms with Gasteiger partial charge in [0.25, 0.3) is 0 Å². The summed E-state index contributed by atoms with van der Waals surface area (Å²) in [4.78, 5) is 24.2. The molecule has 0 saturated carbocycles. The Hall–Kier alpha value is -3.57. The van der Waals surface area contributed by atoms with E-state index in [1.54, 1.807) is 42.5 Å². The molecule has 0 aliphatic heterocycles. The zero-order valence-electron chi connectivity index (χ0n) is 16.0. The number of ether oxygens (including phenoxy) is 3. The number of hydrogen-bond donors (Lipinski definition) is 0. The van der Waals surface area contributed by atoms with E-state index in [2.05, 4.69) is 0 Å². The number of halogens is 1. The van der Waals surface area contributed by atoms with Crippen LogP contribution in [0.2, 0.25) is 5.02 Å². The highest BCUT2D eigenvalue weighted by Crippen LogP contribution is 2.18. The van der Waals surface area contributed by atoms with Gasteiger partial charge >= 0.3 is 11.9 Å². The summed E-state index contributed by atoms with van der Waals surface area (Å²) in [7, 11) is 0. The van der Waals surface area contributed by atoms with Crippen molar-refractivity contribution in [3.63, 3.8) is 0 Å². The Morgan fingerprint density at radius 2 is 1.57 bits per heavy atom. The Kier molecular flexibility index (Phi) is 7.64. The van der Waals surface area contributed by atoms with E-state index in [9.17, 15) is 9.59 Å². The van der Waals surface area contributed by atoms with Crippen molar-refractivity contribution in [3.05, 3.63) is 101 Å². The predicted octanol–water partition coefficient (Wildman–Crippen LogP) is 5.19. The molecule has 0 atom stereocenters. The van der Waals surface area contributed by atoms with E-state index in [0.29, 0.717) is 16.3 Å². The van der Waals surface area contributed by atoms with Crippen LogP contribution in [0.4, 0.5) is 0 Å². The van der Waals surface area contributed by atoms with Crippen LogP contribution in [-0.2, 0) is 9.53 Å². The molecule has 6 heteroatoms. The molecular formula is C24H19ClO5. The van der Waals surface area contributed by atoms with Gasteiger partial charge in [0.2, 0.25) is 0 Å². The number of esters is 2. The largest absolute Gasteiger partial charge is 0.490 e. The van der Waals surface area contributed by atoms with Gasteiger partial charge < -0.3 is 14.2 Å². The van der Waals surface area contributed by atoms with Crippen molar-refractivity contribution in [3.8, 4) is 11.5 Å². The van der Waals surface area contributed by atoms with Gasteiger partial charge in [-0.2, -0.15) is 0 Å². The molecule has 5 nitrogen and oxygen atoms in total. The summed E-state index contributed by atoms with van der Waals surface area (Å²) in [6, 6.07) is 22.6. The van der Waals surface area contributed by atoms with Crippen LogP contribution >= 0.6 is 11.6 Å². The van der Waals surface area contributed by atoms with Gasteiger partial charge in [0.05, 0.1) is 5.56 Å². The van der Waals surface area contributed by atoms with Crippen molar-refractivity contribution in [2.75, 3.05) is 13.2 Å². The standard InChI is InChI=1S/C24H19ClO5/c25-22-12-5-4-7-18(22)13-14-23(26)30-21-11-6-8-19(17-21)24(27)29-16-15-28-20-9-2-1-3-10-20/h1-14,17H,15-16H2/b14-13+. The van der Waals surface area contributed by atoms with Crippen molar-refractivity contribution in [1.29, 1.82) is 0 Å². The van der Waals surface area contributed by atoms with Crippen molar-refractivity contribution in [2.45, 2.75) is 0 Å². The van der Waals surface area contributed by atoms with Crippen LogP contribution in [0.5, 0.6) is 11.5 Å². The van der Waals surface area contributed by atoms with Crippen LogP contribution in [0.15, 0.2) is 84.9 Å². The number of rotatable bonds is 8. The first-order valence-electron chi connectivity index (χ1n) is 9.21. The third kappa shape index (κ3) is 6.50. The molecule has 30 heavy (non-hydrogen) atoms. The van der Waals surface area contributed by atoms with E-state index in [1.807, 2.05) is 36.4 Å². The maximum atomic E-state index is 12.2. The molecule has 3 rings (SSSR count). The molecule has 0 radical (unpaired) electrons. The van der Waals surface area contributed by atoms with E-state index in [0.717, 1.165) is 0 Å². The van der Waals surface area contributed by atoms with Gasteiger partial charge in [-0.3, -0.25) is 0 Å². The minimum atomic E-state index is -0.586. The topological polar surface area (TPSA) is 61.8 Å². The molecule has 0 heterocycles. The highest BCUT2D eigenvalue weighted by molar-refractivity contribution is 6.32. The van der Waals surface area contributed by atoms with E-state index in [4.69, 9.17) is 25.8 Å². The molecule has 0 fully saturated rings. The second-order valence-electron chi connectivity index (χ2n) is 6.10. The van der Waals surface area contributed by atoms with Crippen LogP contribution in [0.1, 0.15) is 15.9 Å². The van der Waals surface area contributed by atoms with Crippen molar-refractivity contribution >= 4 is 29.6 Å². The molecule has 0 bridgehead atoms. The molecule has 0 aliphatic carbocycles. The maximum absolute atomic E-state index is 12.2. The van der Waals surface area contributed by atoms with Gasteiger partial charge in [-0.15, -0.1) is 0 Å². The fourth-order valence-electron chi connectivity index (χ4n) is 2.50. The number of hydrogen-bond acceptors (Lipinski definition) is 5. The summed E-state index contributed by atoms with van der Waals surface area (Å²) in [5, 5.41) is 0.530. The molecule has 0 unspecified atom stereocenters. The lowest BCUT2D eigenvalue weighted by Gasteiger charge is -2.08. The van der Waals surface area contributed by atoms with Crippen LogP contribution in [0, 0.1) is 0 Å². The molecule has 0 N–H and O–H groups in total.